The van der Waals surface area contributed by atoms with E-state index in [2.05, 4.69) is 48.7 Å². The zero-order valence-electron chi connectivity index (χ0n) is 17.2. The molecule has 0 saturated heterocycles. The number of aromatic amines is 1. The fourth-order valence-corrected chi connectivity index (χ4v) is 3.67. The SMILES string of the molecule is Cc1ccccc1C(=O)NC(=NCCc1c[nH]c2ccccc12)Nc1ccc(Br)cc1. The van der Waals surface area contributed by atoms with E-state index in [1.807, 2.05) is 73.8 Å². The number of nitrogens with one attached hydrogen (secondary N) is 3. The first-order valence-corrected chi connectivity index (χ1v) is 10.9. The molecule has 0 atom stereocenters. The fraction of sp³-hybridized carbons (Fsp3) is 0.120. The number of H-pyrrole nitrogens is 1. The summed E-state index contributed by atoms with van der Waals surface area (Å²) in [7, 11) is 0. The summed E-state index contributed by atoms with van der Waals surface area (Å²) >= 11 is 3.44. The number of hydrogen-bond donors (Lipinski definition) is 3. The highest BCUT2D eigenvalue weighted by Crippen LogP contribution is 2.18. The Labute approximate surface area is 189 Å². The minimum Gasteiger partial charge on any atom is -0.361 e. The number of amides is 1. The van der Waals surface area contributed by atoms with Crippen LogP contribution in [0.2, 0.25) is 0 Å². The molecule has 1 aromatic heterocycles. The molecule has 1 heterocycles. The number of halogens is 1. The van der Waals surface area contributed by atoms with Crippen LogP contribution in [0.25, 0.3) is 10.9 Å². The Morgan fingerprint density at radius 2 is 1.74 bits per heavy atom. The molecular weight excluding hydrogens is 452 g/mol. The summed E-state index contributed by atoms with van der Waals surface area (Å²) in [5.74, 6) is 0.240. The summed E-state index contributed by atoms with van der Waals surface area (Å²) < 4.78 is 0.986. The molecule has 156 valence electrons. The van der Waals surface area contributed by atoms with E-state index in [1.54, 1.807) is 0 Å². The molecule has 3 N–H and O–H groups in total. The maximum Gasteiger partial charge on any atom is 0.258 e. The molecular formula is C25H23BrN4O. The maximum absolute atomic E-state index is 12.8. The van der Waals surface area contributed by atoms with Crippen molar-refractivity contribution in [3.05, 3.63) is 100 Å². The van der Waals surface area contributed by atoms with Crippen LogP contribution in [0.4, 0.5) is 5.69 Å². The van der Waals surface area contributed by atoms with Gasteiger partial charge in [-0.15, -0.1) is 0 Å². The molecule has 4 aromatic rings. The van der Waals surface area contributed by atoms with E-state index >= 15 is 0 Å². The van der Waals surface area contributed by atoms with Crippen molar-refractivity contribution < 1.29 is 4.79 Å². The summed E-state index contributed by atoms with van der Waals surface area (Å²) in [6, 6.07) is 23.5. The van der Waals surface area contributed by atoms with Crippen molar-refractivity contribution in [1.82, 2.24) is 10.3 Å². The first-order valence-electron chi connectivity index (χ1n) is 10.1. The number of benzene rings is 3. The molecule has 0 unspecified atom stereocenters. The van der Waals surface area contributed by atoms with Crippen molar-refractivity contribution in [2.24, 2.45) is 4.99 Å². The summed E-state index contributed by atoms with van der Waals surface area (Å²) in [6.07, 6.45) is 2.78. The van der Waals surface area contributed by atoms with Gasteiger partial charge in [0.25, 0.3) is 5.91 Å². The second-order valence-electron chi connectivity index (χ2n) is 7.24. The van der Waals surface area contributed by atoms with Crippen molar-refractivity contribution in [1.29, 1.82) is 0 Å². The average molecular weight is 475 g/mol. The van der Waals surface area contributed by atoms with E-state index in [0.717, 1.165) is 27.7 Å². The van der Waals surface area contributed by atoms with E-state index in [0.29, 0.717) is 18.1 Å². The van der Waals surface area contributed by atoms with Crippen molar-refractivity contribution in [2.75, 3.05) is 11.9 Å². The lowest BCUT2D eigenvalue weighted by Gasteiger charge is -2.13. The molecule has 0 aliphatic rings. The minimum atomic E-state index is -0.187. The zero-order valence-corrected chi connectivity index (χ0v) is 18.7. The van der Waals surface area contributed by atoms with Crippen LogP contribution in [-0.2, 0) is 6.42 Å². The second kappa shape index (κ2) is 9.62. The maximum atomic E-state index is 12.8. The molecule has 5 nitrogen and oxygen atoms in total. The third-order valence-corrected chi connectivity index (χ3v) is 5.58. The highest BCUT2D eigenvalue weighted by atomic mass is 79.9. The molecule has 4 rings (SSSR count). The largest absolute Gasteiger partial charge is 0.361 e. The van der Waals surface area contributed by atoms with Crippen molar-refractivity contribution in [2.45, 2.75) is 13.3 Å². The fourth-order valence-electron chi connectivity index (χ4n) is 3.41. The molecule has 0 saturated carbocycles. The van der Waals surface area contributed by atoms with Crippen molar-refractivity contribution in [3.8, 4) is 0 Å². The van der Waals surface area contributed by atoms with Crippen molar-refractivity contribution in [3.63, 3.8) is 0 Å². The van der Waals surface area contributed by atoms with E-state index in [-0.39, 0.29) is 5.91 Å². The lowest BCUT2D eigenvalue weighted by molar-refractivity contribution is 0.0976. The van der Waals surface area contributed by atoms with E-state index in [4.69, 9.17) is 0 Å². The average Bonchev–Trinajstić information content (AvgIpc) is 3.19. The van der Waals surface area contributed by atoms with Gasteiger partial charge in [0, 0.05) is 39.4 Å². The Kier molecular flexibility index (Phi) is 6.48. The van der Waals surface area contributed by atoms with E-state index in [1.165, 1.54) is 10.9 Å². The first-order chi connectivity index (χ1) is 15.1. The number of carbonyl (C=O) groups is 1. The van der Waals surface area contributed by atoms with Gasteiger partial charge in [-0.05, 0) is 60.9 Å². The number of aliphatic imine (C=N–C) groups is 1. The predicted octanol–water partition coefficient (Wildman–Crippen LogP) is 5.68. The molecule has 0 fully saturated rings. The molecule has 1 amide bonds. The normalized spacial score (nSPS) is 11.5. The highest BCUT2D eigenvalue weighted by Gasteiger charge is 2.12. The molecule has 6 heteroatoms. The number of para-hydroxylation sites is 1. The van der Waals surface area contributed by atoms with Crippen LogP contribution < -0.4 is 10.6 Å². The standard InChI is InChI=1S/C25H23BrN4O/c1-17-6-2-3-7-21(17)24(31)30-25(29-20-12-10-19(26)11-13-20)27-15-14-18-16-28-23-9-5-4-8-22(18)23/h2-13,16,28H,14-15H2,1H3,(H2,27,29,30,31). The molecule has 0 bridgehead atoms. The van der Waals surface area contributed by atoms with Crippen LogP contribution >= 0.6 is 15.9 Å². The third-order valence-electron chi connectivity index (χ3n) is 5.05. The Morgan fingerprint density at radius 1 is 1.00 bits per heavy atom. The number of aryl methyl sites for hydroxylation is 1. The molecule has 31 heavy (non-hydrogen) atoms. The summed E-state index contributed by atoms with van der Waals surface area (Å²) in [6.45, 7) is 2.46. The van der Waals surface area contributed by atoms with Gasteiger partial charge in [-0.2, -0.15) is 0 Å². The Bertz CT molecular complexity index is 1230. The number of aromatic nitrogens is 1. The summed E-state index contributed by atoms with van der Waals surface area (Å²) in [5, 5.41) is 7.37. The quantitative estimate of drug-likeness (QED) is 0.257. The van der Waals surface area contributed by atoms with Crippen LogP contribution in [0.3, 0.4) is 0 Å². The number of fused-ring (bicyclic) bond motifs is 1. The van der Waals surface area contributed by atoms with Gasteiger partial charge in [-0.1, -0.05) is 52.3 Å². The van der Waals surface area contributed by atoms with Gasteiger partial charge < -0.3 is 10.3 Å². The number of nitrogens with zero attached hydrogens (tertiary/aromatic N) is 1. The monoisotopic (exact) mass is 474 g/mol. The van der Waals surface area contributed by atoms with Crippen LogP contribution in [0.5, 0.6) is 0 Å². The number of guanidine groups is 1. The van der Waals surface area contributed by atoms with Crippen LogP contribution in [0.15, 0.2) is 88.5 Å². The predicted molar refractivity (Wildman–Crippen MR) is 131 cm³/mol. The highest BCUT2D eigenvalue weighted by molar-refractivity contribution is 9.10. The Balaban J connectivity index is 1.52. The summed E-state index contributed by atoms with van der Waals surface area (Å²) in [4.78, 5) is 20.8. The van der Waals surface area contributed by atoms with Gasteiger partial charge in [0.15, 0.2) is 0 Å². The van der Waals surface area contributed by atoms with Gasteiger partial charge >= 0.3 is 0 Å². The molecule has 3 aromatic carbocycles. The lowest BCUT2D eigenvalue weighted by atomic mass is 10.1. The number of hydrogen-bond acceptors (Lipinski definition) is 2. The number of anilines is 1. The van der Waals surface area contributed by atoms with Crippen LogP contribution in [0.1, 0.15) is 21.5 Å². The summed E-state index contributed by atoms with van der Waals surface area (Å²) in [5.41, 5.74) is 4.71. The molecule has 0 radical (unpaired) electrons. The Morgan fingerprint density at radius 3 is 2.55 bits per heavy atom. The number of rotatable bonds is 5. The third kappa shape index (κ3) is 5.22. The van der Waals surface area contributed by atoms with Gasteiger partial charge in [-0.25, -0.2) is 0 Å². The second-order valence-corrected chi connectivity index (χ2v) is 8.16. The van der Waals surface area contributed by atoms with Crippen molar-refractivity contribution >= 4 is 44.4 Å². The number of carbonyl (C=O) groups excluding carboxylic acids is 1. The van der Waals surface area contributed by atoms with Gasteiger partial charge in [-0.3, -0.25) is 15.1 Å². The Hall–Kier alpha value is -3.38. The van der Waals surface area contributed by atoms with Gasteiger partial charge in [0.2, 0.25) is 5.96 Å². The molecule has 0 spiro atoms. The topological polar surface area (TPSA) is 69.3 Å². The molecule has 0 aliphatic carbocycles. The van der Waals surface area contributed by atoms with E-state index < -0.39 is 0 Å². The minimum absolute atomic E-state index is 0.187. The first kappa shape index (κ1) is 20.9. The molecule has 0 aliphatic heterocycles. The van der Waals surface area contributed by atoms with Gasteiger partial charge in [0.1, 0.15) is 0 Å². The van der Waals surface area contributed by atoms with Gasteiger partial charge in [0.05, 0.1) is 0 Å². The smallest absolute Gasteiger partial charge is 0.258 e. The lowest BCUT2D eigenvalue weighted by Crippen LogP contribution is -2.36. The zero-order chi connectivity index (χ0) is 21.6. The van der Waals surface area contributed by atoms with Crippen LogP contribution in [-0.4, -0.2) is 23.4 Å². The van der Waals surface area contributed by atoms with E-state index in [9.17, 15) is 4.79 Å². The van der Waals surface area contributed by atoms with Crippen LogP contribution in [0, 0.1) is 6.92 Å².